The van der Waals surface area contributed by atoms with Gasteiger partial charge in [-0.1, -0.05) is 0 Å². The number of furan rings is 1. The van der Waals surface area contributed by atoms with Crippen LogP contribution in [-0.4, -0.2) is 14.3 Å². The topological polar surface area (TPSA) is 102 Å². The Labute approximate surface area is 127 Å². The number of amides is 1. The Morgan fingerprint density at radius 3 is 2.43 bits per heavy atom. The van der Waals surface area contributed by atoms with E-state index in [1.54, 1.807) is 19.9 Å². The first-order valence-corrected chi connectivity index (χ1v) is 8.52. The van der Waals surface area contributed by atoms with Crippen molar-refractivity contribution in [2.75, 3.05) is 0 Å². The van der Waals surface area contributed by atoms with Gasteiger partial charge < -0.3 is 9.73 Å². The van der Waals surface area contributed by atoms with Gasteiger partial charge in [0.15, 0.2) is 0 Å². The van der Waals surface area contributed by atoms with Gasteiger partial charge in [-0.3, -0.25) is 4.79 Å². The Hall–Kier alpha value is -1.64. The van der Waals surface area contributed by atoms with Crippen LogP contribution in [0.5, 0.6) is 0 Å². The average Bonchev–Trinajstić information content (AvgIpc) is 2.93. The van der Waals surface area contributed by atoms with Crippen LogP contribution in [0.15, 0.2) is 20.8 Å². The van der Waals surface area contributed by atoms with Crippen LogP contribution in [0.25, 0.3) is 0 Å². The number of thiophene rings is 1. The van der Waals surface area contributed by atoms with Crippen LogP contribution in [0.1, 0.15) is 32.3 Å². The fourth-order valence-electron chi connectivity index (χ4n) is 1.99. The summed E-state index contributed by atoms with van der Waals surface area (Å²) < 4.78 is 27.9. The summed E-state index contributed by atoms with van der Waals surface area (Å²) in [6, 6.07) is 3.06. The summed E-state index contributed by atoms with van der Waals surface area (Å²) in [5.74, 6) is 1.04. The molecular weight excluding hydrogens is 312 g/mol. The van der Waals surface area contributed by atoms with Gasteiger partial charge >= 0.3 is 0 Å². The van der Waals surface area contributed by atoms with Crippen molar-refractivity contribution in [3.8, 4) is 0 Å². The van der Waals surface area contributed by atoms with Crippen molar-refractivity contribution >= 4 is 27.3 Å². The van der Waals surface area contributed by atoms with Gasteiger partial charge in [0, 0.05) is 10.4 Å². The highest BCUT2D eigenvalue weighted by Crippen LogP contribution is 2.22. The molecule has 2 heterocycles. The smallest absolute Gasteiger partial charge is 0.255 e. The maximum Gasteiger partial charge on any atom is 0.255 e. The second-order valence-electron chi connectivity index (χ2n) is 4.66. The van der Waals surface area contributed by atoms with E-state index >= 15 is 0 Å². The molecule has 1 amide bonds. The lowest BCUT2D eigenvalue weighted by molar-refractivity contribution is 0.0949. The van der Waals surface area contributed by atoms with Gasteiger partial charge in [-0.2, -0.15) is 0 Å². The quantitative estimate of drug-likeness (QED) is 0.894. The third-order valence-corrected chi connectivity index (χ3v) is 5.65. The fraction of sp³-hybridized carbons (Fsp3) is 0.308. The largest absolute Gasteiger partial charge is 0.466 e. The number of sulfonamides is 1. The number of hydrogen-bond donors (Lipinski definition) is 2. The summed E-state index contributed by atoms with van der Waals surface area (Å²) in [5.41, 5.74) is 1.33. The number of carbonyl (C=O) groups excluding carboxylic acids is 1. The molecule has 0 saturated heterocycles. The Morgan fingerprint density at radius 1 is 1.29 bits per heavy atom. The van der Waals surface area contributed by atoms with Crippen LogP contribution in [0.3, 0.4) is 0 Å². The molecule has 0 bridgehead atoms. The van der Waals surface area contributed by atoms with Crippen LogP contribution < -0.4 is 10.5 Å². The average molecular weight is 328 g/mol. The van der Waals surface area contributed by atoms with Gasteiger partial charge in [0.25, 0.3) is 5.91 Å². The number of nitrogens with two attached hydrogens (primary N) is 1. The van der Waals surface area contributed by atoms with Crippen molar-refractivity contribution in [1.82, 2.24) is 5.32 Å². The highest BCUT2D eigenvalue weighted by molar-refractivity contribution is 7.91. The molecule has 2 aromatic rings. The van der Waals surface area contributed by atoms with Crippen LogP contribution in [0.2, 0.25) is 0 Å². The third-order valence-electron chi connectivity index (χ3n) is 3.13. The van der Waals surface area contributed by atoms with E-state index in [0.29, 0.717) is 22.0 Å². The first kappa shape index (κ1) is 15.7. The van der Waals surface area contributed by atoms with Gasteiger partial charge in [-0.05, 0) is 32.9 Å². The number of aryl methyl sites for hydroxylation is 2. The second-order valence-corrected chi connectivity index (χ2v) is 7.62. The van der Waals surface area contributed by atoms with E-state index in [1.807, 2.05) is 6.92 Å². The second kappa shape index (κ2) is 5.63. The summed E-state index contributed by atoms with van der Waals surface area (Å²) in [4.78, 5) is 12.9. The molecule has 2 rings (SSSR count). The monoisotopic (exact) mass is 328 g/mol. The molecule has 0 spiro atoms. The third kappa shape index (κ3) is 3.34. The SMILES string of the molecule is Cc1oc(C)c(C(=O)NCc2ccc(S(N)(=O)=O)s2)c1C. The van der Waals surface area contributed by atoms with E-state index < -0.39 is 10.0 Å². The summed E-state index contributed by atoms with van der Waals surface area (Å²) in [7, 11) is -3.69. The Bertz CT molecular complexity index is 787. The normalized spacial score (nSPS) is 11.6. The minimum atomic E-state index is -3.69. The zero-order chi connectivity index (χ0) is 15.8. The molecule has 0 saturated carbocycles. The van der Waals surface area contributed by atoms with Gasteiger partial charge in [0.2, 0.25) is 10.0 Å². The lowest BCUT2D eigenvalue weighted by Crippen LogP contribution is -2.23. The number of primary sulfonamides is 1. The molecule has 0 fully saturated rings. The van der Waals surface area contributed by atoms with Crippen LogP contribution in [-0.2, 0) is 16.6 Å². The minimum absolute atomic E-state index is 0.0817. The minimum Gasteiger partial charge on any atom is -0.466 e. The molecule has 0 unspecified atom stereocenters. The molecule has 8 heteroatoms. The van der Waals surface area contributed by atoms with E-state index in [1.165, 1.54) is 6.07 Å². The molecular formula is C13H16N2O4S2. The highest BCUT2D eigenvalue weighted by atomic mass is 32.2. The number of nitrogens with one attached hydrogen (secondary N) is 1. The predicted molar refractivity (Wildman–Crippen MR) is 79.8 cm³/mol. The van der Waals surface area contributed by atoms with Crippen molar-refractivity contribution < 1.29 is 17.6 Å². The van der Waals surface area contributed by atoms with E-state index in [0.717, 1.165) is 16.9 Å². The van der Waals surface area contributed by atoms with Crippen molar-refractivity contribution in [3.63, 3.8) is 0 Å². The van der Waals surface area contributed by atoms with E-state index in [9.17, 15) is 13.2 Å². The Morgan fingerprint density at radius 2 is 1.95 bits per heavy atom. The molecule has 0 atom stereocenters. The molecule has 0 aromatic carbocycles. The highest BCUT2D eigenvalue weighted by Gasteiger charge is 2.18. The van der Waals surface area contributed by atoms with Crippen LogP contribution >= 0.6 is 11.3 Å². The van der Waals surface area contributed by atoms with E-state index in [4.69, 9.17) is 9.56 Å². The first-order valence-electron chi connectivity index (χ1n) is 6.16. The van der Waals surface area contributed by atoms with Gasteiger partial charge in [0.1, 0.15) is 15.7 Å². The lowest BCUT2D eigenvalue weighted by Gasteiger charge is -2.03. The zero-order valence-electron chi connectivity index (χ0n) is 11.9. The number of hydrogen-bond acceptors (Lipinski definition) is 5. The predicted octanol–water partition coefficient (Wildman–Crippen LogP) is 1.84. The number of carbonyl (C=O) groups is 1. The molecule has 0 aliphatic rings. The summed E-state index contributed by atoms with van der Waals surface area (Å²) in [6.07, 6.45) is 0. The molecule has 2 aromatic heterocycles. The summed E-state index contributed by atoms with van der Waals surface area (Å²) >= 11 is 1.04. The molecule has 0 radical (unpaired) electrons. The van der Waals surface area contributed by atoms with Crippen molar-refractivity contribution in [2.45, 2.75) is 31.5 Å². The van der Waals surface area contributed by atoms with Crippen LogP contribution in [0.4, 0.5) is 0 Å². The first-order chi connectivity index (χ1) is 9.70. The molecule has 6 nitrogen and oxygen atoms in total. The number of rotatable bonds is 4. The van der Waals surface area contributed by atoms with E-state index in [-0.39, 0.29) is 16.7 Å². The van der Waals surface area contributed by atoms with Gasteiger partial charge in [-0.15, -0.1) is 11.3 Å². The fourth-order valence-corrected chi connectivity index (χ4v) is 3.71. The van der Waals surface area contributed by atoms with Crippen LogP contribution in [0, 0.1) is 20.8 Å². The summed E-state index contributed by atoms with van der Waals surface area (Å²) in [6.45, 7) is 5.60. The Kier molecular flexibility index (Phi) is 4.22. The van der Waals surface area contributed by atoms with Crippen molar-refractivity contribution in [3.05, 3.63) is 39.7 Å². The zero-order valence-corrected chi connectivity index (χ0v) is 13.5. The molecule has 114 valence electrons. The molecule has 21 heavy (non-hydrogen) atoms. The maximum absolute atomic E-state index is 12.2. The maximum atomic E-state index is 12.2. The van der Waals surface area contributed by atoms with E-state index in [2.05, 4.69) is 5.32 Å². The van der Waals surface area contributed by atoms with Crippen molar-refractivity contribution in [1.29, 1.82) is 0 Å². The standard InChI is InChI=1S/C13H16N2O4S2/c1-7-8(2)19-9(3)12(7)13(16)15-6-10-4-5-11(20-10)21(14,17)18/h4-5H,6H2,1-3H3,(H,15,16)(H2,14,17,18). The molecule has 0 aliphatic carbocycles. The Balaban J connectivity index is 2.10. The molecule has 3 N–H and O–H groups in total. The molecule has 0 aliphatic heterocycles. The van der Waals surface area contributed by atoms with Gasteiger partial charge in [0.05, 0.1) is 12.1 Å². The summed E-state index contributed by atoms with van der Waals surface area (Å²) in [5, 5.41) is 7.79. The lowest BCUT2D eigenvalue weighted by atomic mass is 10.1. The van der Waals surface area contributed by atoms with Crippen molar-refractivity contribution in [2.24, 2.45) is 5.14 Å². The van der Waals surface area contributed by atoms with Gasteiger partial charge in [-0.25, -0.2) is 13.6 Å².